The maximum Gasteiger partial charge on any atom is 0.0897 e. The Labute approximate surface area is 114 Å². The van der Waals surface area contributed by atoms with Crippen molar-refractivity contribution >= 4 is 11.6 Å². The molecule has 1 aliphatic rings. The lowest BCUT2D eigenvalue weighted by Crippen LogP contribution is -2.40. The van der Waals surface area contributed by atoms with E-state index in [1.165, 1.54) is 0 Å². The van der Waals surface area contributed by atoms with E-state index in [1.807, 2.05) is 24.3 Å². The Morgan fingerprint density at radius 1 is 1.28 bits per heavy atom. The van der Waals surface area contributed by atoms with Crippen LogP contribution in [0.1, 0.15) is 44.6 Å². The molecule has 0 aromatic heterocycles. The Kier molecular flexibility index (Phi) is 4.66. The minimum Gasteiger partial charge on any atom is -0.385 e. The van der Waals surface area contributed by atoms with Crippen LogP contribution in [-0.4, -0.2) is 17.7 Å². The second-order valence-electron chi connectivity index (χ2n) is 5.27. The smallest absolute Gasteiger partial charge is 0.0897 e. The summed E-state index contributed by atoms with van der Waals surface area (Å²) in [4.78, 5) is 0. The van der Waals surface area contributed by atoms with Gasteiger partial charge in [-0.2, -0.15) is 0 Å². The number of aliphatic hydroxyl groups is 1. The molecule has 0 atom stereocenters. The third-order valence-corrected chi connectivity index (χ3v) is 4.13. The summed E-state index contributed by atoms with van der Waals surface area (Å²) in [5.74, 6) is 0. The van der Waals surface area contributed by atoms with E-state index in [0.717, 1.165) is 49.2 Å². The Morgan fingerprint density at radius 2 is 1.89 bits per heavy atom. The first-order chi connectivity index (χ1) is 8.64. The van der Waals surface area contributed by atoms with Crippen LogP contribution >= 0.6 is 11.6 Å². The van der Waals surface area contributed by atoms with Crippen LogP contribution in [0.15, 0.2) is 24.3 Å². The van der Waals surface area contributed by atoms with Gasteiger partial charge < -0.3 is 10.4 Å². The fourth-order valence-corrected chi connectivity index (χ4v) is 2.82. The Morgan fingerprint density at radius 3 is 2.44 bits per heavy atom. The summed E-state index contributed by atoms with van der Waals surface area (Å²) in [5, 5.41) is 15.0. The molecule has 0 radical (unpaired) electrons. The first-order valence-electron chi connectivity index (χ1n) is 6.86. The number of hydrogen-bond acceptors (Lipinski definition) is 2. The quantitative estimate of drug-likeness (QED) is 0.876. The summed E-state index contributed by atoms with van der Waals surface area (Å²) in [6, 6.07) is 8.18. The molecule has 0 amide bonds. The SMILES string of the molecule is CCCNC1CCC(O)(c2ccc(Cl)cc2)CC1. The second-order valence-corrected chi connectivity index (χ2v) is 5.70. The van der Waals surface area contributed by atoms with Gasteiger partial charge in [0.2, 0.25) is 0 Å². The van der Waals surface area contributed by atoms with E-state index in [9.17, 15) is 5.11 Å². The Hall–Kier alpha value is -0.570. The molecule has 2 N–H and O–H groups in total. The van der Waals surface area contributed by atoms with Crippen molar-refractivity contribution in [2.45, 2.75) is 50.7 Å². The van der Waals surface area contributed by atoms with Crippen molar-refractivity contribution in [2.75, 3.05) is 6.54 Å². The van der Waals surface area contributed by atoms with E-state index in [1.54, 1.807) is 0 Å². The summed E-state index contributed by atoms with van der Waals surface area (Å²) in [6.07, 6.45) is 4.90. The van der Waals surface area contributed by atoms with E-state index in [0.29, 0.717) is 6.04 Å². The van der Waals surface area contributed by atoms with Gasteiger partial charge in [0.05, 0.1) is 5.60 Å². The summed E-state index contributed by atoms with van der Waals surface area (Å²) < 4.78 is 0. The second kappa shape index (κ2) is 6.05. The molecule has 0 heterocycles. The number of benzene rings is 1. The molecule has 0 bridgehead atoms. The fraction of sp³-hybridized carbons (Fsp3) is 0.600. The minimum absolute atomic E-state index is 0.567. The number of nitrogens with one attached hydrogen (secondary N) is 1. The normalized spacial score (nSPS) is 28.3. The zero-order valence-electron chi connectivity index (χ0n) is 11.0. The Bertz CT molecular complexity index is 369. The molecule has 1 aromatic rings. The highest BCUT2D eigenvalue weighted by molar-refractivity contribution is 6.30. The first-order valence-corrected chi connectivity index (χ1v) is 7.23. The summed E-state index contributed by atoms with van der Waals surface area (Å²) in [5.41, 5.74) is 0.343. The van der Waals surface area contributed by atoms with E-state index < -0.39 is 5.60 Å². The van der Waals surface area contributed by atoms with Gasteiger partial charge in [0.1, 0.15) is 0 Å². The number of hydrogen-bond donors (Lipinski definition) is 2. The highest BCUT2D eigenvalue weighted by atomic mass is 35.5. The van der Waals surface area contributed by atoms with Gasteiger partial charge in [0.15, 0.2) is 0 Å². The van der Waals surface area contributed by atoms with Crippen molar-refractivity contribution in [3.05, 3.63) is 34.9 Å². The summed E-state index contributed by atoms with van der Waals surface area (Å²) in [7, 11) is 0. The summed E-state index contributed by atoms with van der Waals surface area (Å²) >= 11 is 5.88. The molecule has 1 aliphatic carbocycles. The van der Waals surface area contributed by atoms with Crippen molar-refractivity contribution in [2.24, 2.45) is 0 Å². The van der Waals surface area contributed by atoms with Gasteiger partial charge in [-0.1, -0.05) is 30.7 Å². The number of halogens is 1. The van der Waals surface area contributed by atoms with Crippen molar-refractivity contribution in [3.63, 3.8) is 0 Å². The van der Waals surface area contributed by atoms with E-state index in [4.69, 9.17) is 11.6 Å². The van der Waals surface area contributed by atoms with Crippen LogP contribution < -0.4 is 5.32 Å². The van der Waals surface area contributed by atoms with Crippen LogP contribution in [0.25, 0.3) is 0 Å². The van der Waals surface area contributed by atoms with Crippen LogP contribution in [0.3, 0.4) is 0 Å². The van der Waals surface area contributed by atoms with Gasteiger partial charge in [-0.05, 0) is 56.3 Å². The van der Waals surface area contributed by atoms with Crippen LogP contribution in [0.2, 0.25) is 5.02 Å². The van der Waals surface area contributed by atoms with Gasteiger partial charge in [-0.3, -0.25) is 0 Å². The molecule has 2 nitrogen and oxygen atoms in total. The predicted octanol–water partition coefficient (Wildman–Crippen LogP) is 3.47. The van der Waals surface area contributed by atoms with Crippen molar-refractivity contribution < 1.29 is 5.11 Å². The van der Waals surface area contributed by atoms with E-state index in [-0.39, 0.29) is 0 Å². The number of rotatable bonds is 4. The van der Waals surface area contributed by atoms with Gasteiger partial charge in [0.25, 0.3) is 0 Å². The average molecular weight is 268 g/mol. The highest BCUT2D eigenvalue weighted by Crippen LogP contribution is 2.37. The van der Waals surface area contributed by atoms with Crippen LogP contribution in [-0.2, 0) is 5.60 Å². The van der Waals surface area contributed by atoms with Crippen LogP contribution in [0, 0.1) is 0 Å². The minimum atomic E-state index is -0.658. The standard InChI is InChI=1S/C15H22ClNO/c1-2-11-17-14-7-9-15(18,10-8-14)12-3-5-13(16)6-4-12/h3-6,14,17-18H,2,7-11H2,1H3. The van der Waals surface area contributed by atoms with Gasteiger partial charge in [-0.25, -0.2) is 0 Å². The molecular formula is C15H22ClNO. The molecule has 1 saturated carbocycles. The van der Waals surface area contributed by atoms with E-state index in [2.05, 4.69) is 12.2 Å². The fourth-order valence-electron chi connectivity index (χ4n) is 2.70. The first kappa shape index (κ1) is 13.9. The zero-order chi connectivity index (χ0) is 13.0. The predicted molar refractivity (Wildman–Crippen MR) is 75.9 cm³/mol. The Balaban J connectivity index is 1.96. The lowest BCUT2D eigenvalue weighted by molar-refractivity contribution is -0.00826. The monoisotopic (exact) mass is 267 g/mol. The van der Waals surface area contributed by atoms with Crippen LogP contribution in [0.5, 0.6) is 0 Å². The third kappa shape index (κ3) is 3.25. The van der Waals surface area contributed by atoms with Crippen molar-refractivity contribution in [1.29, 1.82) is 0 Å². The maximum atomic E-state index is 10.7. The van der Waals surface area contributed by atoms with Crippen molar-refractivity contribution in [1.82, 2.24) is 5.32 Å². The van der Waals surface area contributed by atoms with Crippen LogP contribution in [0.4, 0.5) is 0 Å². The van der Waals surface area contributed by atoms with Gasteiger partial charge >= 0.3 is 0 Å². The molecule has 3 heteroatoms. The molecule has 1 aromatic carbocycles. The van der Waals surface area contributed by atoms with Gasteiger partial charge in [0, 0.05) is 11.1 Å². The lowest BCUT2D eigenvalue weighted by atomic mass is 9.78. The molecule has 100 valence electrons. The molecule has 18 heavy (non-hydrogen) atoms. The highest BCUT2D eigenvalue weighted by Gasteiger charge is 2.34. The largest absolute Gasteiger partial charge is 0.385 e. The molecule has 1 fully saturated rings. The molecule has 0 saturated heterocycles. The maximum absolute atomic E-state index is 10.7. The van der Waals surface area contributed by atoms with E-state index >= 15 is 0 Å². The summed E-state index contributed by atoms with van der Waals surface area (Å²) in [6.45, 7) is 3.25. The molecule has 0 spiro atoms. The molecule has 0 unspecified atom stereocenters. The molecule has 2 rings (SSSR count). The van der Waals surface area contributed by atoms with Gasteiger partial charge in [-0.15, -0.1) is 0 Å². The average Bonchev–Trinajstić information content (AvgIpc) is 2.39. The lowest BCUT2D eigenvalue weighted by Gasteiger charge is -2.36. The third-order valence-electron chi connectivity index (χ3n) is 3.88. The topological polar surface area (TPSA) is 32.3 Å². The molecule has 0 aliphatic heterocycles. The zero-order valence-corrected chi connectivity index (χ0v) is 11.7. The molecular weight excluding hydrogens is 246 g/mol. The van der Waals surface area contributed by atoms with Crippen molar-refractivity contribution in [3.8, 4) is 0 Å².